The minimum absolute atomic E-state index is 0.0832. The Morgan fingerprint density at radius 2 is 1.79 bits per heavy atom. The number of benzene rings is 1. The van der Waals surface area contributed by atoms with Crippen LogP contribution in [-0.2, 0) is 26.0 Å². The van der Waals surface area contributed by atoms with Crippen LogP contribution in [0.1, 0.15) is 44.7 Å². The summed E-state index contributed by atoms with van der Waals surface area (Å²) in [6.07, 6.45) is -5.37. The van der Waals surface area contributed by atoms with Crippen LogP contribution in [-0.4, -0.2) is 47.4 Å². The largest absolute Gasteiger partial charge is 0.465 e. The highest BCUT2D eigenvalue weighted by Crippen LogP contribution is 2.39. The number of ether oxygens (including phenoxy) is 2. The lowest BCUT2D eigenvalue weighted by Gasteiger charge is -2.41. The van der Waals surface area contributed by atoms with Crippen LogP contribution in [0.5, 0.6) is 0 Å². The lowest BCUT2D eigenvalue weighted by molar-refractivity contribution is -0.171. The molecule has 1 aromatic carbocycles. The molecule has 0 saturated carbocycles. The van der Waals surface area contributed by atoms with E-state index in [0.717, 1.165) is 12.1 Å². The second kappa shape index (κ2) is 7.98. The molecule has 0 aromatic heterocycles. The highest BCUT2D eigenvalue weighted by Gasteiger charge is 2.41. The van der Waals surface area contributed by atoms with E-state index in [9.17, 15) is 22.8 Å². The van der Waals surface area contributed by atoms with Gasteiger partial charge in [0.05, 0.1) is 11.2 Å². The van der Waals surface area contributed by atoms with Crippen molar-refractivity contribution in [1.29, 1.82) is 0 Å². The van der Waals surface area contributed by atoms with Crippen LogP contribution in [0, 0.1) is 0 Å². The molecule has 1 fully saturated rings. The van der Waals surface area contributed by atoms with Crippen LogP contribution in [0.2, 0.25) is 0 Å². The van der Waals surface area contributed by atoms with E-state index in [1.807, 2.05) is 0 Å². The molecule has 0 atom stereocenters. The number of hydrogen-bond acceptors (Lipinski definition) is 4. The van der Waals surface area contributed by atoms with Gasteiger partial charge in [0.1, 0.15) is 12.2 Å². The van der Waals surface area contributed by atoms with Gasteiger partial charge in [-0.2, -0.15) is 13.2 Å². The standard InChI is InChI=1S/C19H24F3NO5/c1-17(2,3)28-15(24)12-27-18(7-9-23(10-8-18)16(25)26)13-5-4-6-14(11-13)19(20,21)22/h4-6,11H,7-10,12H2,1-3H3,(H,25,26). The molecular formula is C19H24F3NO5. The molecule has 1 saturated heterocycles. The monoisotopic (exact) mass is 403 g/mol. The van der Waals surface area contributed by atoms with Crippen molar-refractivity contribution < 1.29 is 37.3 Å². The Morgan fingerprint density at radius 3 is 2.29 bits per heavy atom. The normalized spacial score (nSPS) is 17.3. The average molecular weight is 403 g/mol. The lowest BCUT2D eigenvalue weighted by Crippen LogP contribution is -2.47. The molecule has 1 aromatic rings. The van der Waals surface area contributed by atoms with Crippen LogP contribution in [0.15, 0.2) is 24.3 Å². The Morgan fingerprint density at radius 1 is 1.18 bits per heavy atom. The number of alkyl halides is 3. The molecule has 28 heavy (non-hydrogen) atoms. The molecule has 1 aliphatic rings. The van der Waals surface area contributed by atoms with Gasteiger partial charge in [-0.1, -0.05) is 12.1 Å². The van der Waals surface area contributed by atoms with Crippen LogP contribution in [0.3, 0.4) is 0 Å². The fraction of sp³-hybridized carbons (Fsp3) is 0.579. The van der Waals surface area contributed by atoms with Crippen molar-refractivity contribution in [2.45, 2.75) is 51.0 Å². The van der Waals surface area contributed by atoms with E-state index in [2.05, 4.69) is 0 Å². The number of esters is 1. The zero-order valence-corrected chi connectivity index (χ0v) is 16.0. The van der Waals surface area contributed by atoms with Gasteiger partial charge in [0.15, 0.2) is 0 Å². The predicted octanol–water partition coefficient (Wildman–Crippen LogP) is 4.03. The number of rotatable bonds is 4. The predicted molar refractivity (Wildman–Crippen MR) is 93.8 cm³/mol. The van der Waals surface area contributed by atoms with Crippen LogP contribution in [0.4, 0.5) is 18.0 Å². The summed E-state index contributed by atoms with van der Waals surface area (Å²) < 4.78 is 50.4. The highest BCUT2D eigenvalue weighted by atomic mass is 19.4. The van der Waals surface area contributed by atoms with Crippen molar-refractivity contribution in [2.24, 2.45) is 0 Å². The van der Waals surface area contributed by atoms with Crippen LogP contribution >= 0.6 is 0 Å². The molecule has 1 aliphatic heterocycles. The smallest absolute Gasteiger partial charge is 0.416 e. The molecule has 9 heteroatoms. The first-order valence-corrected chi connectivity index (χ1v) is 8.84. The zero-order valence-electron chi connectivity index (χ0n) is 16.0. The van der Waals surface area contributed by atoms with Crippen LogP contribution < -0.4 is 0 Å². The second-order valence-electron chi connectivity index (χ2n) is 7.72. The summed E-state index contributed by atoms with van der Waals surface area (Å²) in [6.45, 7) is 4.80. The molecule has 0 spiro atoms. The van der Waals surface area contributed by atoms with E-state index >= 15 is 0 Å². The van der Waals surface area contributed by atoms with Crippen molar-refractivity contribution in [3.05, 3.63) is 35.4 Å². The van der Waals surface area contributed by atoms with Crippen molar-refractivity contribution in [3.8, 4) is 0 Å². The van der Waals surface area contributed by atoms with E-state index in [4.69, 9.17) is 14.6 Å². The van der Waals surface area contributed by atoms with E-state index in [0.29, 0.717) is 0 Å². The van der Waals surface area contributed by atoms with Gasteiger partial charge in [-0.3, -0.25) is 0 Å². The minimum Gasteiger partial charge on any atom is -0.465 e. The molecule has 1 heterocycles. The van der Waals surface area contributed by atoms with Gasteiger partial charge in [-0.05, 0) is 51.3 Å². The molecular weight excluding hydrogens is 379 g/mol. The Labute approximate surface area is 161 Å². The average Bonchev–Trinajstić information content (AvgIpc) is 2.58. The van der Waals surface area contributed by atoms with Crippen molar-refractivity contribution in [3.63, 3.8) is 0 Å². The first kappa shape index (κ1) is 22.0. The maximum absolute atomic E-state index is 13.1. The summed E-state index contributed by atoms with van der Waals surface area (Å²) in [5, 5.41) is 9.14. The lowest BCUT2D eigenvalue weighted by atomic mass is 9.83. The number of carboxylic acid groups (broad SMARTS) is 1. The second-order valence-corrected chi connectivity index (χ2v) is 7.72. The Bertz CT molecular complexity index is 719. The molecule has 0 radical (unpaired) electrons. The van der Waals surface area contributed by atoms with Gasteiger partial charge < -0.3 is 19.5 Å². The number of carbonyl (C=O) groups is 2. The van der Waals surface area contributed by atoms with E-state index in [-0.39, 0.29) is 31.5 Å². The summed E-state index contributed by atoms with van der Waals surface area (Å²) in [4.78, 5) is 24.4. The van der Waals surface area contributed by atoms with Crippen LogP contribution in [0.25, 0.3) is 0 Å². The molecule has 1 amide bonds. The molecule has 0 bridgehead atoms. The maximum atomic E-state index is 13.1. The summed E-state index contributed by atoms with van der Waals surface area (Å²) in [6, 6.07) is 4.73. The molecule has 1 N–H and O–H groups in total. The number of likely N-dealkylation sites (tertiary alicyclic amines) is 1. The highest BCUT2D eigenvalue weighted by molar-refractivity contribution is 5.71. The fourth-order valence-electron chi connectivity index (χ4n) is 3.12. The number of piperidine rings is 1. The van der Waals surface area contributed by atoms with E-state index < -0.39 is 41.6 Å². The van der Waals surface area contributed by atoms with Gasteiger partial charge in [-0.25, -0.2) is 9.59 Å². The summed E-state index contributed by atoms with van der Waals surface area (Å²) in [5.74, 6) is -0.639. The third kappa shape index (κ3) is 5.60. The van der Waals surface area contributed by atoms with E-state index in [1.165, 1.54) is 17.0 Å². The third-order valence-corrected chi connectivity index (χ3v) is 4.44. The van der Waals surface area contributed by atoms with Crippen molar-refractivity contribution in [2.75, 3.05) is 19.7 Å². The van der Waals surface area contributed by atoms with Gasteiger partial charge >= 0.3 is 18.2 Å². The minimum atomic E-state index is -4.52. The van der Waals surface area contributed by atoms with Gasteiger partial charge in [0.25, 0.3) is 0 Å². The van der Waals surface area contributed by atoms with Gasteiger partial charge in [0, 0.05) is 13.1 Å². The summed E-state index contributed by atoms with van der Waals surface area (Å²) >= 11 is 0. The van der Waals surface area contributed by atoms with Crippen molar-refractivity contribution >= 4 is 12.1 Å². The maximum Gasteiger partial charge on any atom is 0.416 e. The third-order valence-electron chi connectivity index (χ3n) is 4.44. The Balaban J connectivity index is 2.28. The van der Waals surface area contributed by atoms with Crippen molar-refractivity contribution in [1.82, 2.24) is 4.90 Å². The SMILES string of the molecule is CC(C)(C)OC(=O)COC1(c2cccc(C(F)(F)F)c2)CCN(C(=O)O)CC1. The number of nitrogens with zero attached hydrogens (tertiary/aromatic N) is 1. The van der Waals surface area contributed by atoms with Gasteiger partial charge in [0.2, 0.25) is 0 Å². The molecule has 156 valence electrons. The van der Waals surface area contributed by atoms with Gasteiger partial charge in [-0.15, -0.1) is 0 Å². The topological polar surface area (TPSA) is 76.1 Å². The molecule has 0 unspecified atom stereocenters. The summed E-state index contributed by atoms with van der Waals surface area (Å²) in [5.41, 5.74) is -2.50. The number of halogens is 3. The summed E-state index contributed by atoms with van der Waals surface area (Å²) in [7, 11) is 0. The molecule has 0 aliphatic carbocycles. The molecule has 2 rings (SSSR count). The first-order chi connectivity index (χ1) is 12.8. The number of amides is 1. The Hall–Kier alpha value is -2.29. The number of carbonyl (C=O) groups excluding carboxylic acids is 1. The first-order valence-electron chi connectivity index (χ1n) is 8.84. The molecule has 6 nitrogen and oxygen atoms in total. The Kier molecular flexibility index (Phi) is 6.27. The number of hydrogen-bond donors (Lipinski definition) is 1. The zero-order chi connectivity index (χ0) is 21.2. The fourth-order valence-corrected chi connectivity index (χ4v) is 3.12. The quantitative estimate of drug-likeness (QED) is 0.768. The van der Waals surface area contributed by atoms with E-state index in [1.54, 1.807) is 20.8 Å².